The van der Waals surface area contributed by atoms with Gasteiger partial charge in [0.25, 0.3) is 0 Å². The Morgan fingerprint density at radius 1 is 1.05 bits per heavy atom. The normalized spacial score (nSPS) is 14.3. The first-order chi connectivity index (χ1) is 19.8. The molecule has 0 amide bonds. The quantitative estimate of drug-likeness (QED) is 0.166. The Hall–Kier alpha value is -4.90. The zero-order chi connectivity index (χ0) is 29.4. The van der Waals surface area contributed by atoms with E-state index in [0.29, 0.717) is 41.9 Å². The molecule has 0 saturated heterocycles. The van der Waals surface area contributed by atoms with Crippen LogP contribution in [-0.4, -0.2) is 26.3 Å². The van der Waals surface area contributed by atoms with Gasteiger partial charge in [0.1, 0.15) is 28.9 Å². The number of esters is 1. The van der Waals surface area contributed by atoms with Gasteiger partial charge in [0.15, 0.2) is 11.5 Å². The van der Waals surface area contributed by atoms with E-state index in [1.165, 1.54) is 6.08 Å². The Labute approximate surface area is 240 Å². The highest BCUT2D eigenvalue weighted by Gasteiger charge is 2.31. The maximum atomic E-state index is 12.5. The second kappa shape index (κ2) is 13.4. The van der Waals surface area contributed by atoms with E-state index in [2.05, 4.69) is 19.9 Å². The van der Waals surface area contributed by atoms with Crippen molar-refractivity contribution in [3.8, 4) is 34.8 Å². The summed E-state index contributed by atoms with van der Waals surface area (Å²) in [6.45, 7) is 7.22. The molecule has 8 nitrogen and oxygen atoms in total. The molecule has 1 aliphatic heterocycles. The topological polar surface area (TPSA) is 113 Å². The summed E-state index contributed by atoms with van der Waals surface area (Å²) in [6.07, 6.45) is 3.91. The number of allylic oxidation sites excluding steroid dienone is 1. The van der Waals surface area contributed by atoms with Crippen molar-refractivity contribution in [3.63, 3.8) is 0 Å². The lowest BCUT2D eigenvalue weighted by Gasteiger charge is -2.27. The first-order valence-electron chi connectivity index (χ1n) is 13.5. The van der Waals surface area contributed by atoms with Crippen molar-refractivity contribution >= 4 is 12.0 Å². The van der Waals surface area contributed by atoms with E-state index in [1.807, 2.05) is 37.3 Å². The van der Waals surface area contributed by atoms with Gasteiger partial charge in [0.05, 0.1) is 26.2 Å². The standard InChI is InChI=1S/C33H34N2O6/c1-5-38-30-18-23(9-14-28(30)39-17-16-21(2)3)32-26-13-12-25(19-29(26)41-33(35)27(32)20-34)40-31(36)15-8-22-6-10-24(37-4)11-7-22/h6-15,18-19,21,32H,5,16-17,35H2,1-4H3/b15-8+. The number of benzene rings is 3. The van der Waals surface area contributed by atoms with Crippen LogP contribution in [0.2, 0.25) is 0 Å². The lowest BCUT2D eigenvalue weighted by Crippen LogP contribution is -2.21. The van der Waals surface area contributed by atoms with E-state index in [1.54, 1.807) is 43.5 Å². The summed E-state index contributed by atoms with van der Waals surface area (Å²) in [7, 11) is 1.59. The van der Waals surface area contributed by atoms with Gasteiger partial charge in [0.2, 0.25) is 5.88 Å². The third kappa shape index (κ3) is 7.20. The van der Waals surface area contributed by atoms with Gasteiger partial charge in [0, 0.05) is 17.7 Å². The molecule has 3 aromatic rings. The van der Waals surface area contributed by atoms with Crippen molar-refractivity contribution in [1.82, 2.24) is 0 Å². The lowest BCUT2D eigenvalue weighted by molar-refractivity contribution is -0.128. The predicted octanol–water partition coefficient (Wildman–Crippen LogP) is 6.36. The average Bonchev–Trinajstić information content (AvgIpc) is 2.96. The smallest absolute Gasteiger partial charge is 0.336 e. The van der Waals surface area contributed by atoms with Crippen LogP contribution in [0.15, 0.2) is 78.2 Å². The monoisotopic (exact) mass is 554 g/mol. The van der Waals surface area contributed by atoms with Gasteiger partial charge in [-0.1, -0.05) is 38.1 Å². The fraction of sp³-hybridized carbons (Fsp3) is 0.273. The van der Waals surface area contributed by atoms with Crippen LogP contribution in [0.3, 0.4) is 0 Å². The average molecular weight is 555 g/mol. The van der Waals surface area contributed by atoms with E-state index in [-0.39, 0.29) is 17.2 Å². The molecule has 0 fully saturated rings. The lowest BCUT2D eigenvalue weighted by atomic mass is 9.83. The van der Waals surface area contributed by atoms with Crippen LogP contribution in [0.25, 0.3) is 6.08 Å². The second-order valence-electron chi connectivity index (χ2n) is 9.82. The van der Waals surface area contributed by atoms with Crippen LogP contribution in [0.5, 0.6) is 28.7 Å². The van der Waals surface area contributed by atoms with Crippen molar-refractivity contribution in [3.05, 3.63) is 94.9 Å². The Kier molecular flexibility index (Phi) is 9.54. The van der Waals surface area contributed by atoms with E-state index >= 15 is 0 Å². The predicted molar refractivity (Wildman–Crippen MR) is 156 cm³/mol. The number of methoxy groups -OCH3 is 1. The summed E-state index contributed by atoms with van der Waals surface area (Å²) in [5.41, 5.74) is 8.79. The maximum absolute atomic E-state index is 12.5. The molecule has 2 N–H and O–H groups in total. The first-order valence-corrected chi connectivity index (χ1v) is 13.5. The molecule has 212 valence electrons. The molecule has 8 heteroatoms. The highest BCUT2D eigenvalue weighted by Crippen LogP contribution is 2.45. The Morgan fingerprint density at radius 3 is 2.49 bits per heavy atom. The molecule has 1 unspecified atom stereocenters. The molecule has 3 aromatic carbocycles. The van der Waals surface area contributed by atoms with Crippen LogP contribution in [0.4, 0.5) is 0 Å². The molecule has 0 saturated carbocycles. The van der Waals surface area contributed by atoms with Gasteiger partial charge >= 0.3 is 5.97 Å². The molecule has 41 heavy (non-hydrogen) atoms. The van der Waals surface area contributed by atoms with Crippen molar-refractivity contribution < 1.29 is 28.5 Å². The Balaban J connectivity index is 1.58. The van der Waals surface area contributed by atoms with Crippen LogP contribution < -0.4 is 29.4 Å². The van der Waals surface area contributed by atoms with Crippen LogP contribution in [-0.2, 0) is 4.79 Å². The number of carbonyl (C=O) groups excluding carboxylic acids is 1. The Bertz CT molecular complexity index is 1480. The number of fused-ring (bicyclic) bond motifs is 1. The van der Waals surface area contributed by atoms with Crippen LogP contribution in [0, 0.1) is 17.2 Å². The van der Waals surface area contributed by atoms with Crippen molar-refractivity contribution in [2.45, 2.75) is 33.1 Å². The van der Waals surface area contributed by atoms with Crippen molar-refractivity contribution in [1.29, 1.82) is 5.26 Å². The van der Waals surface area contributed by atoms with E-state index in [9.17, 15) is 10.1 Å². The molecule has 0 aliphatic carbocycles. The summed E-state index contributed by atoms with van der Waals surface area (Å²) < 4.78 is 28.3. The fourth-order valence-electron chi connectivity index (χ4n) is 4.37. The van der Waals surface area contributed by atoms with Gasteiger partial charge in [-0.25, -0.2) is 4.79 Å². The minimum Gasteiger partial charge on any atom is -0.497 e. The SMILES string of the molecule is CCOc1cc(C2C(C#N)=C(N)Oc3cc(OC(=O)/C=C/c4ccc(OC)cc4)ccc32)ccc1OCCC(C)C. The molecule has 0 aromatic heterocycles. The molecule has 4 rings (SSSR count). The number of carbonyl (C=O) groups is 1. The molecule has 1 aliphatic rings. The summed E-state index contributed by atoms with van der Waals surface area (Å²) in [5.74, 6) is 2.08. The zero-order valence-corrected chi connectivity index (χ0v) is 23.7. The zero-order valence-electron chi connectivity index (χ0n) is 23.7. The molecular weight excluding hydrogens is 520 g/mol. The number of ether oxygens (including phenoxy) is 5. The molecule has 0 radical (unpaired) electrons. The van der Waals surface area contributed by atoms with Crippen LogP contribution in [0.1, 0.15) is 49.8 Å². The first kappa shape index (κ1) is 29.1. The largest absolute Gasteiger partial charge is 0.497 e. The molecule has 0 bridgehead atoms. The molecule has 0 spiro atoms. The summed E-state index contributed by atoms with van der Waals surface area (Å²) in [4.78, 5) is 12.5. The van der Waals surface area contributed by atoms with Gasteiger partial charge in [-0.3, -0.25) is 0 Å². The number of hydrogen-bond acceptors (Lipinski definition) is 8. The van der Waals surface area contributed by atoms with E-state index < -0.39 is 11.9 Å². The molecule has 1 atom stereocenters. The Morgan fingerprint density at radius 2 is 1.80 bits per heavy atom. The third-order valence-electron chi connectivity index (χ3n) is 6.49. The van der Waals surface area contributed by atoms with E-state index in [4.69, 9.17) is 29.4 Å². The highest BCUT2D eigenvalue weighted by atomic mass is 16.5. The highest BCUT2D eigenvalue weighted by molar-refractivity contribution is 5.88. The summed E-state index contributed by atoms with van der Waals surface area (Å²) >= 11 is 0. The molecule has 1 heterocycles. The summed E-state index contributed by atoms with van der Waals surface area (Å²) in [6, 6.07) is 20.1. The minimum absolute atomic E-state index is 0.0110. The van der Waals surface area contributed by atoms with Crippen molar-refractivity contribution in [2.24, 2.45) is 11.7 Å². The van der Waals surface area contributed by atoms with Gasteiger partial charge in [-0.2, -0.15) is 5.26 Å². The van der Waals surface area contributed by atoms with Gasteiger partial charge in [-0.15, -0.1) is 0 Å². The number of nitrogens with zero attached hydrogens (tertiary/aromatic N) is 1. The number of nitrogens with two attached hydrogens (primary N) is 1. The van der Waals surface area contributed by atoms with E-state index in [0.717, 1.165) is 23.3 Å². The number of rotatable bonds is 11. The number of hydrogen-bond donors (Lipinski definition) is 1. The minimum atomic E-state index is -0.552. The van der Waals surface area contributed by atoms with Crippen LogP contribution >= 0.6 is 0 Å². The number of nitriles is 1. The third-order valence-corrected chi connectivity index (χ3v) is 6.49. The maximum Gasteiger partial charge on any atom is 0.336 e. The van der Waals surface area contributed by atoms with Gasteiger partial charge < -0.3 is 29.4 Å². The van der Waals surface area contributed by atoms with Gasteiger partial charge in [-0.05, 0) is 66.8 Å². The van der Waals surface area contributed by atoms with Crippen molar-refractivity contribution in [2.75, 3.05) is 20.3 Å². The fourth-order valence-corrected chi connectivity index (χ4v) is 4.37. The molecular formula is C33H34N2O6. The summed E-state index contributed by atoms with van der Waals surface area (Å²) in [5, 5.41) is 9.96. The second-order valence-corrected chi connectivity index (χ2v) is 9.82.